The zero-order valence-corrected chi connectivity index (χ0v) is 15.2. The van der Waals surface area contributed by atoms with Gasteiger partial charge in [-0.2, -0.15) is 0 Å². The first-order valence-corrected chi connectivity index (χ1v) is 7.26. The standard InChI is InChI=1S/C16H25N3O.HI/c1-13-4-6-14(7-5-13)19-15(17)18-12-16(8-3-9-16)10-11-20-2;/h4-7H,3,8-12H2,1-2H3,(H3,17,18,19);1H. The summed E-state index contributed by atoms with van der Waals surface area (Å²) < 4.78 is 5.19. The van der Waals surface area contributed by atoms with Crippen molar-refractivity contribution in [3.63, 3.8) is 0 Å². The highest BCUT2D eigenvalue weighted by atomic mass is 127. The second kappa shape index (κ2) is 8.58. The third kappa shape index (κ3) is 5.47. The van der Waals surface area contributed by atoms with Crippen molar-refractivity contribution in [2.75, 3.05) is 25.6 Å². The fraction of sp³-hybridized carbons (Fsp3) is 0.562. The molecule has 5 heteroatoms. The summed E-state index contributed by atoms with van der Waals surface area (Å²) in [5.41, 5.74) is 8.50. The number of ether oxygens (including phenoxy) is 1. The van der Waals surface area contributed by atoms with Crippen LogP contribution in [0, 0.1) is 12.3 Å². The Kier molecular flexibility index (Phi) is 7.45. The van der Waals surface area contributed by atoms with E-state index in [1.165, 1.54) is 24.8 Å². The minimum atomic E-state index is 0. The normalized spacial score (nSPS) is 16.8. The summed E-state index contributed by atoms with van der Waals surface area (Å²) in [6.07, 6.45) is 4.84. The van der Waals surface area contributed by atoms with Gasteiger partial charge < -0.3 is 15.8 Å². The van der Waals surface area contributed by atoms with E-state index in [1.807, 2.05) is 12.1 Å². The molecule has 0 aliphatic heterocycles. The second-order valence-corrected chi connectivity index (χ2v) is 5.79. The topological polar surface area (TPSA) is 59.6 Å². The Morgan fingerprint density at radius 1 is 1.33 bits per heavy atom. The molecule has 1 aliphatic rings. The molecule has 2 rings (SSSR count). The van der Waals surface area contributed by atoms with Crippen LogP contribution >= 0.6 is 24.0 Å². The van der Waals surface area contributed by atoms with Crippen molar-refractivity contribution in [3.8, 4) is 0 Å². The molecule has 0 amide bonds. The van der Waals surface area contributed by atoms with Crippen molar-refractivity contribution in [3.05, 3.63) is 29.8 Å². The van der Waals surface area contributed by atoms with Gasteiger partial charge in [0.2, 0.25) is 0 Å². The van der Waals surface area contributed by atoms with Crippen molar-refractivity contribution in [1.82, 2.24) is 0 Å². The number of rotatable bonds is 6. The quantitative estimate of drug-likeness (QED) is 0.434. The average Bonchev–Trinajstić information content (AvgIpc) is 2.40. The number of nitrogens with two attached hydrogens (primary N) is 1. The highest BCUT2D eigenvalue weighted by Gasteiger charge is 2.36. The van der Waals surface area contributed by atoms with Crippen LogP contribution in [0.25, 0.3) is 0 Å². The average molecular weight is 403 g/mol. The molecule has 0 spiro atoms. The number of benzene rings is 1. The summed E-state index contributed by atoms with van der Waals surface area (Å²) in [5, 5.41) is 3.14. The van der Waals surface area contributed by atoms with E-state index in [4.69, 9.17) is 10.5 Å². The van der Waals surface area contributed by atoms with Gasteiger partial charge in [0.05, 0.1) is 0 Å². The van der Waals surface area contributed by atoms with E-state index in [0.29, 0.717) is 11.4 Å². The Hall–Kier alpha value is -0.820. The van der Waals surface area contributed by atoms with Gasteiger partial charge in [-0.15, -0.1) is 24.0 Å². The molecule has 0 aromatic heterocycles. The zero-order valence-electron chi connectivity index (χ0n) is 12.9. The number of nitrogens with one attached hydrogen (secondary N) is 1. The SMILES string of the molecule is COCCC1(CN=C(N)Nc2ccc(C)cc2)CCC1.I. The molecule has 1 fully saturated rings. The van der Waals surface area contributed by atoms with Crippen molar-refractivity contribution in [2.45, 2.75) is 32.6 Å². The van der Waals surface area contributed by atoms with Crippen LogP contribution in [0.1, 0.15) is 31.2 Å². The number of hydrogen-bond acceptors (Lipinski definition) is 2. The maximum atomic E-state index is 5.97. The summed E-state index contributed by atoms with van der Waals surface area (Å²) in [6.45, 7) is 3.67. The van der Waals surface area contributed by atoms with Gasteiger partial charge in [0.25, 0.3) is 0 Å². The Balaban J connectivity index is 0.00000220. The predicted octanol–water partition coefficient (Wildman–Crippen LogP) is 3.55. The summed E-state index contributed by atoms with van der Waals surface area (Å²) in [5.74, 6) is 0.498. The largest absolute Gasteiger partial charge is 0.385 e. The van der Waals surface area contributed by atoms with Crippen LogP contribution in [0.4, 0.5) is 5.69 Å². The lowest BCUT2D eigenvalue weighted by Crippen LogP contribution is -2.35. The minimum Gasteiger partial charge on any atom is -0.385 e. The Morgan fingerprint density at radius 2 is 2.00 bits per heavy atom. The monoisotopic (exact) mass is 403 g/mol. The van der Waals surface area contributed by atoms with E-state index >= 15 is 0 Å². The van der Waals surface area contributed by atoms with Gasteiger partial charge in [-0.1, -0.05) is 24.1 Å². The van der Waals surface area contributed by atoms with Crippen molar-refractivity contribution >= 4 is 35.6 Å². The van der Waals surface area contributed by atoms with Crippen LogP contribution in [0.3, 0.4) is 0 Å². The molecule has 1 saturated carbocycles. The van der Waals surface area contributed by atoms with Crippen LogP contribution < -0.4 is 11.1 Å². The molecule has 0 atom stereocenters. The van der Waals surface area contributed by atoms with E-state index in [9.17, 15) is 0 Å². The van der Waals surface area contributed by atoms with Gasteiger partial charge >= 0.3 is 0 Å². The van der Waals surface area contributed by atoms with Gasteiger partial charge in [-0.05, 0) is 43.7 Å². The van der Waals surface area contributed by atoms with E-state index in [2.05, 4.69) is 29.4 Å². The molecular weight excluding hydrogens is 377 g/mol. The Morgan fingerprint density at radius 3 is 2.52 bits per heavy atom. The van der Waals surface area contributed by atoms with Crippen LogP contribution in [0.15, 0.2) is 29.3 Å². The van der Waals surface area contributed by atoms with Crippen molar-refractivity contribution < 1.29 is 4.74 Å². The third-order valence-corrected chi connectivity index (χ3v) is 4.16. The summed E-state index contributed by atoms with van der Waals surface area (Å²) in [6, 6.07) is 8.15. The number of aliphatic imine (C=N–C) groups is 1. The number of nitrogens with zero attached hydrogens (tertiary/aromatic N) is 1. The molecule has 118 valence electrons. The lowest BCUT2D eigenvalue weighted by molar-refractivity contribution is 0.0780. The first-order valence-electron chi connectivity index (χ1n) is 7.26. The molecular formula is C16H26IN3O. The van der Waals surface area contributed by atoms with Gasteiger partial charge in [-0.3, -0.25) is 4.99 Å². The zero-order chi connectivity index (χ0) is 14.4. The molecule has 4 nitrogen and oxygen atoms in total. The molecule has 1 aliphatic carbocycles. The summed E-state index contributed by atoms with van der Waals surface area (Å²) in [4.78, 5) is 4.52. The molecule has 0 unspecified atom stereocenters. The molecule has 0 saturated heterocycles. The van der Waals surface area contributed by atoms with Crippen molar-refractivity contribution in [1.29, 1.82) is 0 Å². The highest BCUT2D eigenvalue weighted by molar-refractivity contribution is 14.0. The van der Waals surface area contributed by atoms with Gasteiger partial charge in [-0.25, -0.2) is 0 Å². The fourth-order valence-electron chi connectivity index (χ4n) is 2.56. The Bertz CT molecular complexity index is 455. The molecule has 1 aromatic rings. The maximum Gasteiger partial charge on any atom is 0.193 e. The maximum absolute atomic E-state index is 5.97. The number of guanidine groups is 1. The first-order chi connectivity index (χ1) is 9.63. The van der Waals surface area contributed by atoms with E-state index in [-0.39, 0.29) is 24.0 Å². The number of methoxy groups -OCH3 is 1. The number of aryl methyl sites for hydroxylation is 1. The lowest BCUT2D eigenvalue weighted by Gasteiger charge is -2.40. The summed E-state index contributed by atoms with van der Waals surface area (Å²) >= 11 is 0. The molecule has 0 bridgehead atoms. The highest BCUT2D eigenvalue weighted by Crippen LogP contribution is 2.44. The predicted molar refractivity (Wildman–Crippen MR) is 99.5 cm³/mol. The molecule has 1 aromatic carbocycles. The first kappa shape index (κ1) is 18.2. The van der Waals surface area contributed by atoms with Crippen LogP contribution in [0.2, 0.25) is 0 Å². The molecule has 0 radical (unpaired) electrons. The molecule has 0 heterocycles. The molecule has 3 N–H and O–H groups in total. The van der Waals surface area contributed by atoms with Crippen molar-refractivity contribution in [2.24, 2.45) is 16.1 Å². The number of anilines is 1. The van der Waals surface area contributed by atoms with Crippen LogP contribution in [0.5, 0.6) is 0 Å². The smallest absolute Gasteiger partial charge is 0.193 e. The fourth-order valence-corrected chi connectivity index (χ4v) is 2.56. The van der Waals surface area contributed by atoms with E-state index < -0.39 is 0 Å². The lowest BCUT2D eigenvalue weighted by atomic mass is 9.67. The number of hydrogen-bond donors (Lipinski definition) is 2. The van der Waals surface area contributed by atoms with Gasteiger partial charge in [0.15, 0.2) is 5.96 Å². The third-order valence-electron chi connectivity index (χ3n) is 4.16. The molecule has 21 heavy (non-hydrogen) atoms. The number of halogens is 1. The summed E-state index contributed by atoms with van der Waals surface area (Å²) in [7, 11) is 1.75. The van der Waals surface area contributed by atoms with E-state index in [1.54, 1.807) is 7.11 Å². The Labute approximate surface area is 144 Å². The second-order valence-electron chi connectivity index (χ2n) is 5.79. The van der Waals surface area contributed by atoms with Crippen LogP contribution in [-0.4, -0.2) is 26.2 Å². The van der Waals surface area contributed by atoms with Crippen LogP contribution in [-0.2, 0) is 4.74 Å². The van der Waals surface area contributed by atoms with Gasteiger partial charge in [0.1, 0.15) is 0 Å². The minimum absolute atomic E-state index is 0. The van der Waals surface area contributed by atoms with E-state index in [0.717, 1.165) is 25.3 Å². The van der Waals surface area contributed by atoms with Gasteiger partial charge in [0, 0.05) is 25.9 Å².